The molecule has 128 valence electrons. The molecule has 23 heavy (non-hydrogen) atoms. The van der Waals surface area contributed by atoms with Crippen LogP contribution in [-0.4, -0.2) is 38.0 Å². The lowest BCUT2D eigenvalue weighted by molar-refractivity contribution is -0.144. The van der Waals surface area contributed by atoms with Gasteiger partial charge in [-0.1, -0.05) is 0 Å². The monoisotopic (exact) mass is 354 g/mol. The lowest BCUT2D eigenvalue weighted by Gasteiger charge is -2.31. The van der Waals surface area contributed by atoms with Crippen LogP contribution in [0.2, 0.25) is 0 Å². The highest BCUT2D eigenvalue weighted by atomic mass is 32.2. The van der Waals surface area contributed by atoms with Gasteiger partial charge in [-0.15, -0.1) is 0 Å². The minimum Gasteiger partial charge on any atom is -0.490 e. The molecule has 1 saturated carbocycles. The molecule has 0 aromatic heterocycles. The van der Waals surface area contributed by atoms with Crippen LogP contribution in [0.25, 0.3) is 0 Å². The molecule has 0 aliphatic heterocycles. The van der Waals surface area contributed by atoms with E-state index in [1.54, 1.807) is 0 Å². The number of rotatable bonds is 3. The first-order valence-electron chi connectivity index (χ1n) is 6.91. The van der Waals surface area contributed by atoms with E-state index in [1.807, 2.05) is 0 Å². The molecular weight excluding hydrogens is 340 g/mol. The molecule has 0 radical (unpaired) electrons. The Morgan fingerprint density at radius 2 is 1.83 bits per heavy atom. The van der Waals surface area contributed by atoms with E-state index in [-0.39, 0.29) is 18.6 Å². The highest BCUT2D eigenvalue weighted by Gasteiger charge is 2.59. The number of hydrogen-bond donors (Lipinski definition) is 1. The second-order valence-electron chi connectivity index (χ2n) is 5.91. The molecule has 1 N–H and O–H groups in total. The molecule has 1 aromatic carbocycles. The first-order valence-corrected chi connectivity index (χ1v) is 8.80. The van der Waals surface area contributed by atoms with Gasteiger partial charge in [0.15, 0.2) is 16.0 Å². The zero-order chi connectivity index (χ0) is 17.2. The Morgan fingerprint density at radius 3 is 2.35 bits per heavy atom. The van der Waals surface area contributed by atoms with E-state index in [9.17, 15) is 31.1 Å². The average Bonchev–Trinajstić information content (AvgIpc) is 2.58. The summed E-state index contributed by atoms with van der Waals surface area (Å²) in [6.45, 7) is 0. The van der Waals surface area contributed by atoms with E-state index < -0.39 is 56.3 Å². The fourth-order valence-electron chi connectivity index (χ4n) is 2.87. The van der Waals surface area contributed by atoms with Crippen LogP contribution in [0.3, 0.4) is 0 Å². The van der Waals surface area contributed by atoms with Crippen LogP contribution in [0.15, 0.2) is 17.0 Å². The molecule has 0 saturated heterocycles. The van der Waals surface area contributed by atoms with Gasteiger partial charge in [0.1, 0.15) is 24.1 Å². The molecule has 4 nitrogen and oxygen atoms in total. The van der Waals surface area contributed by atoms with Crippen LogP contribution in [0.1, 0.15) is 36.2 Å². The minimum atomic E-state index is -4.16. The number of sulfone groups is 1. The molecule has 3 rings (SSSR count). The molecule has 2 aliphatic carbocycles. The van der Waals surface area contributed by atoms with Crippen molar-refractivity contribution in [3.63, 3.8) is 0 Å². The number of aliphatic hydroxyl groups is 1. The van der Waals surface area contributed by atoms with E-state index >= 15 is 0 Å². The predicted octanol–water partition coefficient (Wildman–Crippen LogP) is 2.66. The Hall–Kier alpha value is -1.35. The largest absolute Gasteiger partial charge is 0.490 e. The number of ether oxygens (including phenoxy) is 1. The van der Waals surface area contributed by atoms with Crippen LogP contribution in [0, 0.1) is 0 Å². The summed E-state index contributed by atoms with van der Waals surface area (Å²) in [4.78, 5) is -0.566. The van der Waals surface area contributed by atoms with Gasteiger partial charge in [-0.2, -0.15) is 8.78 Å². The number of aliphatic hydroxyl groups excluding tert-OH is 1. The second kappa shape index (κ2) is 5.07. The number of benzene rings is 1. The highest BCUT2D eigenvalue weighted by molar-refractivity contribution is 7.90. The highest BCUT2D eigenvalue weighted by Crippen LogP contribution is 2.57. The molecule has 0 heterocycles. The Bertz CT molecular complexity index is 743. The Labute approximate surface area is 130 Å². The van der Waals surface area contributed by atoms with Crippen molar-refractivity contribution in [2.45, 2.75) is 48.2 Å². The standard InChI is InChI=1S/C14H14F4O4S/c1-23(20,21)9-3-2-8(22-7-4-6(15)5-7)10-11(9)13(19)14(17,18)12(10)16/h2-3,6-7,12-13,19H,4-5H2,1H3/t6?,7?,12-,13+/m1/s1. The molecule has 0 spiro atoms. The summed E-state index contributed by atoms with van der Waals surface area (Å²) in [6.07, 6.45) is -6.24. The fourth-order valence-corrected chi connectivity index (χ4v) is 3.80. The van der Waals surface area contributed by atoms with Gasteiger partial charge in [0, 0.05) is 30.2 Å². The molecule has 0 amide bonds. The quantitative estimate of drug-likeness (QED) is 0.848. The third-order valence-corrected chi connectivity index (χ3v) is 5.32. The molecular formula is C14H14F4O4S. The van der Waals surface area contributed by atoms with Gasteiger partial charge in [0.25, 0.3) is 0 Å². The third-order valence-electron chi connectivity index (χ3n) is 4.17. The second-order valence-corrected chi connectivity index (χ2v) is 7.89. The van der Waals surface area contributed by atoms with E-state index in [1.165, 1.54) is 0 Å². The molecule has 1 aromatic rings. The van der Waals surface area contributed by atoms with Gasteiger partial charge >= 0.3 is 5.92 Å². The van der Waals surface area contributed by atoms with Crippen molar-refractivity contribution in [2.24, 2.45) is 0 Å². The average molecular weight is 354 g/mol. The van der Waals surface area contributed by atoms with E-state index in [4.69, 9.17) is 4.74 Å². The van der Waals surface area contributed by atoms with Crippen molar-refractivity contribution in [3.8, 4) is 5.75 Å². The molecule has 1 fully saturated rings. The zero-order valence-corrected chi connectivity index (χ0v) is 12.8. The van der Waals surface area contributed by atoms with Gasteiger partial charge < -0.3 is 9.84 Å². The van der Waals surface area contributed by atoms with Gasteiger partial charge in [-0.25, -0.2) is 17.2 Å². The zero-order valence-electron chi connectivity index (χ0n) is 12.0. The maximum atomic E-state index is 14.2. The molecule has 9 heteroatoms. The van der Waals surface area contributed by atoms with E-state index in [0.717, 1.165) is 18.4 Å². The normalized spacial score (nSPS) is 32.3. The number of alkyl halides is 4. The molecule has 2 atom stereocenters. The minimum absolute atomic E-state index is 0.0541. The van der Waals surface area contributed by atoms with Gasteiger partial charge in [-0.3, -0.25) is 0 Å². The summed E-state index contributed by atoms with van der Waals surface area (Å²) in [6, 6.07) is 2.06. The summed E-state index contributed by atoms with van der Waals surface area (Å²) >= 11 is 0. The van der Waals surface area contributed by atoms with Crippen LogP contribution >= 0.6 is 0 Å². The fraction of sp³-hybridized carbons (Fsp3) is 0.571. The first kappa shape index (κ1) is 16.5. The summed E-state index contributed by atoms with van der Waals surface area (Å²) in [5.74, 6) is -4.45. The summed E-state index contributed by atoms with van der Waals surface area (Å²) in [5.41, 5.74) is -1.36. The number of halogens is 4. The van der Waals surface area contributed by atoms with Crippen molar-refractivity contribution in [2.75, 3.05) is 6.26 Å². The Kier molecular flexibility index (Phi) is 3.64. The van der Waals surface area contributed by atoms with Crippen molar-refractivity contribution in [3.05, 3.63) is 23.3 Å². The summed E-state index contributed by atoms with van der Waals surface area (Å²) in [7, 11) is -3.96. The number of hydrogen-bond acceptors (Lipinski definition) is 4. The van der Waals surface area contributed by atoms with Crippen LogP contribution in [0.4, 0.5) is 17.6 Å². The van der Waals surface area contributed by atoms with Crippen LogP contribution in [0.5, 0.6) is 5.75 Å². The maximum Gasteiger partial charge on any atom is 0.312 e. The van der Waals surface area contributed by atoms with E-state index in [2.05, 4.69) is 0 Å². The van der Waals surface area contributed by atoms with Crippen LogP contribution < -0.4 is 4.74 Å². The van der Waals surface area contributed by atoms with Crippen LogP contribution in [-0.2, 0) is 9.84 Å². The Morgan fingerprint density at radius 1 is 1.22 bits per heavy atom. The predicted molar refractivity (Wildman–Crippen MR) is 71.9 cm³/mol. The van der Waals surface area contributed by atoms with Crippen molar-refractivity contribution >= 4 is 9.84 Å². The summed E-state index contributed by atoms with van der Waals surface area (Å²) < 4.78 is 83.4. The lowest BCUT2D eigenvalue weighted by Crippen LogP contribution is -2.35. The van der Waals surface area contributed by atoms with Crippen molar-refractivity contribution in [1.29, 1.82) is 0 Å². The van der Waals surface area contributed by atoms with E-state index in [0.29, 0.717) is 0 Å². The van der Waals surface area contributed by atoms with Crippen molar-refractivity contribution in [1.82, 2.24) is 0 Å². The van der Waals surface area contributed by atoms with Gasteiger partial charge in [0.2, 0.25) is 0 Å². The van der Waals surface area contributed by atoms with Gasteiger partial charge in [0.05, 0.1) is 4.90 Å². The van der Waals surface area contributed by atoms with Crippen molar-refractivity contribution < 1.29 is 35.8 Å². The first-order chi connectivity index (χ1) is 10.5. The maximum absolute atomic E-state index is 14.2. The van der Waals surface area contributed by atoms with Gasteiger partial charge in [-0.05, 0) is 12.1 Å². The Balaban J connectivity index is 2.12. The molecule has 2 aliphatic rings. The molecule has 0 bridgehead atoms. The summed E-state index contributed by atoms with van der Waals surface area (Å²) in [5, 5.41) is 9.73. The lowest BCUT2D eigenvalue weighted by atomic mass is 9.93. The number of fused-ring (bicyclic) bond motifs is 1. The topological polar surface area (TPSA) is 63.6 Å². The third kappa shape index (κ3) is 2.50. The SMILES string of the molecule is CS(=O)(=O)c1ccc(OC2CC(F)C2)c2c1[C@H](O)C(F)(F)[C@@H]2F. The molecule has 0 unspecified atom stereocenters. The smallest absolute Gasteiger partial charge is 0.312 e.